The van der Waals surface area contributed by atoms with Crippen molar-refractivity contribution in [3.8, 4) is 0 Å². The number of ether oxygens (including phenoxy) is 2. The molecule has 2 aromatic rings. The summed E-state index contributed by atoms with van der Waals surface area (Å²) >= 11 is 0. The lowest BCUT2D eigenvalue weighted by Crippen LogP contribution is -2.56. The summed E-state index contributed by atoms with van der Waals surface area (Å²) in [7, 11) is 0. The molecule has 0 radical (unpaired) electrons. The lowest BCUT2D eigenvalue weighted by Gasteiger charge is -2.38. The van der Waals surface area contributed by atoms with Crippen LogP contribution in [0.2, 0.25) is 0 Å². The molecule has 1 fully saturated rings. The Bertz CT molecular complexity index is 1510. The van der Waals surface area contributed by atoms with E-state index in [4.69, 9.17) is 9.47 Å². The Balaban J connectivity index is 1.89. The summed E-state index contributed by atoms with van der Waals surface area (Å²) in [6.07, 6.45) is -1.89. The van der Waals surface area contributed by atoms with Crippen molar-refractivity contribution < 1.29 is 38.1 Å². The quantitative estimate of drug-likeness (QED) is 0.274. The molecular weight excluding hydrogens is 633 g/mol. The summed E-state index contributed by atoms with van der Waals surface area (Å²) in [6, 6.07) is 8.33. The number of halogens is 1. The number of nitrogens with zero attached hydrogens (tertiary/aromatic N) is 3. The van der Waals surface area contributed by atoms with Gasteiger partial charge in [0.05, 0.1) is 12.1 Å². The van der Waals surface area contributed by atoms with Crippen LogP contribution in [-0.2, 0) is 27.1 Å². The van der Waals surface area contributed by atoms with E-state index in [-0.39, 0.29) is 31.9 Å². The molecule has 0 aliphatic carbocycles. The predicted octanol–water partition coefficient (Wildman–Crippen LogP) is 6.41. The molecule has 49 heavy (non-hydrogen) atoms. The van der Waals surface area contributed by atoms with Crippen LogP contribution in [0.3, 0.4) is 0 Å². The van der Waals surface area contributed by atoms with E-state index in [0.29, 0.717) is 17.7 Å². The molecule has 1 aromatic carbocycles. The number of pyridine rings is 1. The Morgan fingerprint density at radius 2 is 1.65 bits per heavy atom. The molecule has 2 heterocycles. The molecule has 1 aliphatic heterocycles. The minimum atomic E-state index is -1.11. The Labute approximate surface area is 288 Å². The lowest BCUT2D eigenvalue weighted by atomic mass is 9.79. The van der Waals surface area contributed by atoms with Gasteiger partial charge in [-0.2, -0.15) is 0 Å². The zero-order valence-corrected chi connectivity index (χ0v) is 30.3. The number of likely N-dealkylation sites (tertiary alicyclic amines) is 1. The van der Waals surface area contributed by atoms with Crippen LogP contribution in [-0.4, -0.2) is 87.0 Å². The molecule has 0 spiro atoms. The Morgan fingerprint density at radius 3 is 2.22 bits per heavy atom. The number of hydrogen-bond acceptors (Lipinski definition) is 7. The monoisotopic (exact) mass is 685 g/mol. The number of anilines is 1. The van der Waals surface area contributed by atoms with E-state index in [9.17, 15) is 28.7 Å². The third-order valence-electron chi connectivity index (χ3n) is 7.74. The van der Waals surface area contributed by atoms with Crippen molar-refractivity contribution in [3.63, 3.8) is 0 Å². The first kappa shape index (κ1) is 39.0. The van der Waals surface area contributed by atoms with E-state index in [1.165, 1.54) is 21.9 Å². The standard InChI is InChI=1S/C36H52FN5O7/c1-22-16-26(38-27(17-22)39-31(44)48-35(5,6)7)19-24-20-42(32(45)46)30(34(2,3)4)29(24)40-28(43)21-41(33(47)49-36(8,9)10)15-14-23-12-11-13-25(37)18-23/h11-13,16-18,24,29-30H,14-15,19-21H2,1-10H3,(H,40,43)(H,45,46)(H,38,39,44). The summed E-state index contributed by atoms with van der Waals surface area (Å²) in [5.41, 5.74) is -0.0211. The molecule has 1 saturated heterocycles. The van der Waals surface area contributed by atoms with Gasteiger partial charge >= 0.3 is 18.3 Å². The largest absolute Gasteiger partial charge is 0.465 e. The van der Waals surface area contributed by atoms with Crippen LogP contribution in [0.15, 0.2) is 36.4 Å². The van der Waals surface area contributed by atoms with Crippen molar-refractivity contribution in [1.29, 1.82) is 0 Å². The Kier molecular flexibility index (Phi) is 12.3. The van der Waals surface area contributed by atoms with Crippen LogP contribution < -0.4 is 10.6 Å². The van der Waals surface area contributed by atoms with Gasteiger partial charge in [-0.1, -0.05) is 32.9 Å². The zero-order valence-electron chi connectivity index (χ0n) is 30.3. The highest BCUT2D eigenvalue weighted by Gasteiger charge is 2.50. The van der Waals surface area contributed by atoms with E-state index in [1.54, 1.807) is 59.7 Å². The average Bonchev–Trinajstić information content (AvgIpc) is 3.27. The zero-order chi connectivity index (χ0) is 36.9. The SMILES string of the molecule is Cc1cc(CC2CN(C(=O)O)C(C(C)(C)C)C2NC(=O)CN(CCc2cccc(F)c2)C(=O)OC(C)(C)C)nc(NC(=O)OC(C)(C)C)c1. The molecule has 270 valence electrons. The van der Waals surface area contributed by atoms with Gasteiger partial charge in [0, 0.05) is 24.7 Å². The van der Waals surface area contributed by atoms with Crippen LogP contribution in [0.5, 0.6) is 0 Å². The fourth-order valence-electron chi connectivity index (χ4n) is 6.03. The second-order valence-electron chi connectivity index (χ2n) is 15.7. The Morgan fingerprint density at radius 1 is 1.00 bits per heavy atom. The van der Waals surface area contributed by atoms with Crippen LogP contribution in [0.25, 0.3) is 0 Å². The highest BCUT2D eigenvalue weighted by atomic mass is 19.1. The van der Waals surface area contributed by atoms with E-state index in [2.05, 4.69) is 15.6 Å². The summed E-state index contributed by atoms with van der Waals surface area (Å²) in [5, 5.41) is 16.0. The molecule has 3 N–H and O–H groups in total. The maximum Gasteiger partial charge on any atom is 0.413 e. The summed E-state index contributed by atoms with van der Waals surface area (Å²) in [5.74, 6) is -1.00. The van der Waals surface area contributed by atoms with E-state index >= 15 is 0 Å². The maximum absolute atomic E-state index is 13.8. The Hall–Kier alpha value is -4.42. The molecule has 3 unspecified atom stereocenters. The van der Waals surface area contributed by atoms with Crippen LogP contribution in [0.1, 0.15) is 79.1 Å². The van der Waals surface area contributed by atoms with Crippen molar-refractivity contribution in [2.45, 2.75) is 105 Å². The van der Waals surface area contributed by atoms with Gasteiger partial charge in [0.15, 0.2) is 0 Å². The van der Waals surface area contributed by atoms with Gasteiger partial charge < -0.3 is 24.8 Å². The third kappa shape index (κ3) is 12.2. The first-order valence-electron chi connectivity index (χ1n) is 16.5. The number of hydrogen-bond donors (Lipinski definition) is 3. The number of benzene rings is 1. The first-order chi connectivity index (χ1) is 22.5. The number of amides is 4. The molecule has 12 nitrogen and oxygen atoms in total. The number of rotatable bonds is 9. The van der Waals surface area contributed by atoms with Gasteiger partial charge in [-0.3, -0.25) is 15.0 Å². The maximum atomic E-state index is 13.8. The molecule has 0 bridgehead atoms. The summed E-state index contributed by atoms with van der Waals surface area (Å²) in [4.78, 5) is 59.2. The number of aromatic nitrogens is 1. The van der Waals surface area contributed by atoms with Gasteiger partial charge in [-0.05, 0) is 102 Å². The number of carbonyl (C=O) groups excluding carboxylic acids is 3. The highest BCUT2D eigenvalue weighted by molar-refractivity contribution is 5.84. The van der Waals surface area contributed by atoms with Gasteiger partial charge in [-0.15, -0.1) is 0 Å². The molecule has 0 saturated carbocycles. The minimum Gasteiger partial charge on any atom is -0.465 e. The van der Waals surface area contributed by atoms with Crippen LogP contribution in [0, 0.1) is 24.1 Å². The molecule has 3 atom stereocenters. The van der Waals surface area contributed by atoms with Crippen molar-refractivity contribution in [2.75, 3.05) is 25.0 Å². The first-order valence-corrected chi connectivity index (χ1v) is 16.5. The summed E-state index contributed by atoms with van der Waals surface area (Å²) < 4.78 is 24.8. The third-order valence-corrected chi connectivity index (χ3v) is 7.74. The van der Waals surface area contributed by atoms with Gasteiger partial charge in [0.2, 0.25) is 5.91 Å². The molecule has 13 heteroatoms. The number of carboxylic acid groups (broad SMARTS) is 1. The fraction of sp³-hybridized carbons (Fsp3) is 0.583. The van der Waals surface area contributed by atoms with E-state index < -0.39 is 64.6 Å². The predicted molar refractivity (Wildman–Crippen MR) is 184 cm³/mol. The van der Waals surface area contributed by atoms with Gasteiger partial charge in [-0.25, -0.2) is 23.8 Å². The van der Waals surface area contributed by atoms with E-state index in [0.717, 1.165) is 5.56 Å². The molecular formula is C36H52FN5O7. The second kappa shape index (κ2) is 15.4. The molecule has 4 amide bonds. The second-order valence-corrected chi connectivity index (χ2v) is 15.7. The molecule has 1 aliphatic rings. The number of carbonyl (C=O) groups is 4. The van der Waals surface area contributed by atoms with Crippen LogP contribution in [0.4, 0.5) is 24.6 Å². The average molecular weight is 686 g/mol. The number of aryl methyl sites for hydroxylation is 1. The fourth-order valence-corrected chi connectivity index (χ4v) is 6.03. The topological polar surface area (TPSA) is 150 Å². The van der Waals surface area contributed by atoms with Crippen LogP contribution >= 0.6 is 0 Å². The smallest absolute Gasteiger partial charge is 0.413 e. The van der Waals surface area contributed by atoms with Gasteiger partial charge in [0.25, 0.3) is 0 Å². The summed E-state index contributed by atoms with van der Waals surface area (Å²) in [6.45, 7) is 17.9. The van der Waals surface area contributed by atoms with Crippen molar-refractivity contribution >= 4 is 30.0 Å². The van der Waals surface area contributed by atoms with E-state index in [1.807, 2.05) is 33.8 Å². The molecule has 3 rings (SSSR count). The normalized spacial score (nSPS) is 18.1. The lowest BCUT2D eigenvalue weighted by molar-refractivity contribution is -0.123. The highest BCUT2D eigenvalue weighted by Crippen LogP contribution is 2.37. The minimum absolute atomic E-state index is 0.0878. The molecule has 1 aromatic heterocycles. The van der Waals surface area contributed by atoms with Crippen molar-refractivity contribution in [3.05, 3.63) is 59.0 Å². The van der Waals surface area contributed by atoms with Crippen molar-refractivity contribution in [2.24, 2.45) is 11.3 Å². The number of nitrogens with one attached hydrogen (secondary N) is 2. The van der Waals surface area contributed by atoms with Crippen molar-refractivity contribution in [1.82, 2.24) is 20.1 Å². The van der Waals surface area contributed by atoms with Gasteiger partial charge in [0.1, 0.15) is 29.4 Å².